The molecule has 0 atom stereocenters. The number of nitrogens with zero attached hydrogens (tertiary/aromatic N) is 2. The molecular weight excluding hydrogens is 342 g/mol. The molecule has 1 aromatic heterocycles. The molecule has 0 fully saturated rings. The minimum atomic E-state index is -3.92. The predicted octanol–water partition coefficient (Wildman–Crippen LogP) is 2.70. The lowest BCUT2D eigenvalue weighted by Crippen LogP contribution is -2.22. The Hall–Kier alpha value is -2.35. The van der Waals surface area contributed by atoms with Gasteiger partial charge in [-0.25, -0.2) is 13.2 Å². The third-order valence-electron chi connectivity index (χ3n) is 3.54. The highest BCUT2D eigenvalue weighted by Gasteiger charge is 2.28. The molecule has 0 radical (unpaired) electrons. The quantitative estimate of drug-likeness (QED) is 0.823. The second-order valence-corrected chi connectivity index (χ2v) is 8.29. The number of nitrogens with one attached hydrogen (secondary N) is 1. The number of benzene rings is 1. The summed E-state index contributed by atoms with van der Waals surface area (Å²) in [6.45, 7) is 7.68. The summed E-state index contributed by atoms with van der Waals surface area (Å²) < 4.78 is 34.5. The molecule has 0 aliphatic rings. The van der Waals surface area contributed by atoms with Crippen LogP contribution >= 0.6 is 0 Å². The topological polar surface area (TPSA) is 90.3 Å². The van der Waals surface area contributed by atoms with Crippen LogP contribution in [0.4, 0.5) is 5.82 Å². The average Bonchev–Trinajstić information content (AvgIpc) is 2.86. The maximum Gasteiger partial charge on any atom is 0.343 e. The van der Waals surface area contributed by atoms with Crippen molar-refractivity contribution in [3.63, 3.8) is 0 Å². The number of carbonyl (C=O) groups excluding carboxylic acids is 1. The van der Waals surface area contributed by atoms with E-state index in [1.165, 1.54) is 16.9 Å². The van der Waals surface area contributed by atoms with Crippen LogP contribution in [0.1, 0.15) is 43.6 Å². The smallest absolute Gasteiger partial charge is 0.343 e. The minimum absolute atomic E-state index is 0.0512. The Morgan fingerprint density at radius 1 is 1.28 bits per heavy atom. The van der Waals surface area contributed by atoms with Gasteiger partial charge < -0.3 is 4.74 Å². The number of rotatable bonds is 5. The predicted molar refractivity (Wildman–Crippen MR) is 95.1 cm³/mol. The van der Waals surface area contributed by atoms with E-state index < -0.39 is 16.0 Å². The maximum atomic E-state index is 12.9. The van der Waals surface area contributed by atoms with Gasteiger partial charge in [-0.15, -0.1) is 0 Å². The van der Waals surface area contributed by atoms with Gasteiger partial charge in [0, 0.05) is 13.2 Å². The molecule has 7 nitrogen and oxygen atoms in total. The van der Waals surface area contributed by atoms with Crippen LogP contribution in [-0.2, 0) is 27.2 Å². The van der Waals surface area contributed by atoms with Crippen LogP contribution in [-0.4, -0.2) is 30.8 Å². The van der Waals surface area contributed by atoms with E-state index in [0.29, 0.717) is 5.56 Å². The van der Waals surface area contributed by atoms with Crippen molar-refractivity contribution in [2.45, 2.75) is 38.0 Å². The fraction of sp³-hybridized carbons (Fsp3) is 0.412. The van der Waals surface area contributed by atoms with Gasteiger partial charge in [-0.2, -0.15) is 5.10 Å². The van der Waals surface area contributed by atoms with Crippen LogP contribution in [0.15, 0.2) is 35.4 Å². The summed E-state index contributed by atoms with van der Waals surface area (Å²) >= 11 is 0. The van der Waals surface area contributed by atoms with Crippen molar-refractivity contribution in [3.05, 3.63) is 41.6 Å². The van der Waals surface area contributed by atoms with Gasteiger partial charge in [0.15, 0.2) is 5.82 Å². The van der Waals surface area contributed by atoms with Crippen molar-refractivity contribution >= 4 is 21.8 Å². The Labute approximate surface area is 148 Å². The van der Waals surface area contributed by atoms with Gasteiger partial charge in [0.2, 0.25) is 0 Å². The maximum absolute atomic E-state index is 12.9. The number of aromatic nitrogens is 2. The van der Waals surface area contributed by atoms with Crippen LogP contribution in [0, 0.1) is 0 Å². The average molecular weight is 365 g/mol. The first-order valence-corrected chi connectivity index (χ1v) is 9.37. The van der Waals surface area contributed by atoms with E-state index in [2.05, 4.69) is 9.82 Å². The summed E-state index contributed by atoms with van der Waals surface area (Å²) in [4.78, 5) is 12.2. The molecule has 1 N–H and O–H groups in total. The molecule has 0 amide bonds. The van der Waals surface area contributed by atoms with E-state index in [-0.39, 0.29) is 28.3 Å². The van der Waals surface area contributed by atoms with Gasteiger partial charge in [-0.3, -0.25) is 9.40 Å². The van der Waals surface area contributed by atoms with Gasteiger partial charge in [0.1, 0.15) is 5.56 Å². The standard InChI is InChI=1S/C17H23N3O4S/c1-6-24-16(21)12-11-20(5)18-15(12)19-25(22,23)14-10-8-7-9-13(14)17(2,3)4/h7-11H,6H2,1-5H3,(H,18,19). The van der Waals surface area contributed by atoms with E-state index in [1.807, 2.05) is 20.8 Å². The molecule has 0 unspecified atom stereocenters. The molecule has 0 aliphatic heterocycles. The molecule has 1 heterocycles. The van der Waals surface area contributed by atoms with Gasteiger partial charge in [-0.05, 0) is 24.0 Å². The first-order chi connectivity index (χ1) is 11.6. The highest BCUT2D eigenvalue weighted by molar-refractivity contribution is 7.92. The Kier molecular flexibility index (Phi) is 5.22. The van der Waals surface area contributed by atoms with Crippen molar-refractivity contribution in [2.24, 2.45) is 7.05 Å². The summed E-state index contributed by atoms with van der Waals surface area (Å²) in [6.07, 6.45) is 1.42. The lowest BCUT2D eigenvalue weighted by atomic mass is 9.87. The fourth-order valence-electron chi connectivity index (χ4n) is 2.42. The molecular formula is C17H23N3O4S. The first-order valence-electron chi connectivity index (χ1n) is 7.89. The number of aryl methyl sites for hydroxylation is 1. The third-order valence-corrected chi connectivity index (χ3v) is 4.94. The second-order valence-electron chi connectivity index (χ2n) is 6.64. The second kappa shape index (κ2) is 6.87. The van der Waals surface area contributed by atoms with Crippen molar-refractivity contribution in [3.8, 4) is 0 Å². The van der Waals surface area contributed by atoms with Crippen LogP contribution in [0.3, 0.4) is 0 Å². The van der Waals surface area contributed by atoms with Crippen molar-refractivity contribution in [1.82, 2.24) is 9.78 Å². The van der Waals surface area contributed by atoms with Crippen LogP contribution in [0.25, 0.3) is 0 Å². The van der Waals surface area contributed by atoms with Crippen LogP contribution in [0.5, 0.6) is 0 Å². The fourth-order valence-corrected chi connectivity index (χ4v) is 3.86. The van der Waals surface area contributed by atoms with Crippen LogP contribution in [0.2, 0.25) is 0 Å². The summed E-state index contributed by atoms with van der Waals surface area (Å²) in [5.74, 6) is -0.679. The van der Waals surface area contributed by atoms with E-state index in [4.69, 9.17) is 4.74 Å². The van der Waals surface area contributed by atoms with E-state index in [0.717, 1.165) is 0 Å². The molecule has 2 rings (SSSR count). The first kappa shape index (κ1) is 19.0. The highest BCUT2D eigenvalue weighted by Crippen LogP contribution is 2.30. The van der Waals surface area contributed by atoms with Crippen molar-refractivity contribution in [1.29, 1.82) is 0 Å². The SMILES string of the molecule is CCOC(=O)c1cn(C)nc1NS(=O)(=O)c1ccccc1C(C)(C)C. The van der Waals surface area contributed by atoms with Gasteiger partial charge in [-0.1, -0.05) is 39.0 Å². The zero-order chi connectivity index (χ0) is 18.8. The molecule has 2 aromatic rings. The van der Waals surface area contributed by atoms with E-state index >= 15 is 0 Å². The minimum Gasteiger partial charge on any atom is -0.462 e. The number of hydrogen-bond donors (Lipinski definition) is 1. The third kappa shape index (κ3) is 4.19. The molecule has 0 aliphatic carbocycles. The van der Waals surface area contributed by atoms with Crippen molar-refractivity contribution in [2.75, 3.05) is 11.3 Å². The Morgan fingerprint density at radius 2 is 1.92 bits per heavy atom. The number of sulfonamides is 1. The summed E-state index contributed by atoms with van der Waals surface area (Å²) in [5.41, 5.74) is 0.386. The largest absolute Gasteiger partial charge is 0.462 e. The van der Waals surface area contributed by atoms with E-state index in [1.54, 1.807) is 32.2 Å². The molecule has 0 spiro atoms. The highest BCUT2D eigenvalue weighted by atomic mass is 32.2. The summed E-state index contributed by atoms with van der Waals surface area (Å²) in [6, 6.07) is 6.77. The summed E-state index contributed by atoms with van der Waals surface area (Å²) in [7, 11) is -2.32. The number of carbonyl (C=O) groups is 1. The van der Waals surface area contributed by atoms with Gasteiger partial charge in [0.25, 0.3) is 10.0 Å². The number of hydrogen-bond acceptors (Lipinski definition) is 5. The van der Waals surface area contributed by atoms with Gasteiger partial charge in [0.05, 0.1) is 11.5 Å². The lowest BCUT2D eigenvalue weighted by molar-refractivity contribution is 0.0527. The number of esters is 1. The van der Waals surface area contributed by atoms with Gasteiger partial charge >= 0.3 is 5.97 Å². The Balaban J connectivity index is 2.47. The number of ether oxygens (including phenoxy) is 1. The van der Waals surface area contributed by atoms with Crippen molar-refractivity contribution < 1.29 is 17.9 Å². The molecule has 25 heavy (non-hydrogen) atoms. The zero-order valence-electron chi connectivity index (χ0n) is 15.0. The molecule has 0 bridgehead atoms. The summed E-state index contributed by atoms with van der Waals surface area (Å²) in [5, 5.41) is 4.04. The molecule has 136 valence electrons. The molecule has 0 saturated heterocycles. The van der Waals surface area contributed by atoms with Crippen LogP contribution < -0.4 is 4.72 Å². The molecule has 0 saturated carbocycles. The normalized spacial score (nSPS) is 12.0. The molecule has 8 heteroatoms. The van der Waals surface area contributed by atoms with E-state index in [9.17, 15) is 13.2 Å². The Morgan fingerprint density at radius 3 is 2.52 bits per heavy atom. The Bertz CT molecular complexity index is 880. The number of anilines is 1. The monoisotopic (exact) mass is 365 g/mol. The lowest BCUT2D eigenvalue weighted by Gasteiger charge is -2.22. The molecule has 1 aromatic carbocycles. The zero-order valence-corrected chi connectivity index (χ0v) is 15.8.